The van der Waals surface area contributed by atoms with Crippen LogP contribution in [-0.4, -0.2) is 70.3 Å². The summed E-state index contributed by atoms with van der Waals surface area (Å²) in [5.41, 5.74) is 2.01. The molecule has 3 rings (SSSR count). The largest absolute Gasteiger partial charge is 0.375 e. The fraction of sp³-hybridized carbons (Fsp3) is 0.381. The Balaban J connectivity index is 1.73. The van der Waals surface area contributed by atoms with Crippen molar-refractivity contribution < 1.29 is 13.2 Å². The van der Waals surface area contributed by atoms with Crippen molar-refractivity contribution in [1.29, 1.82) is 0 Å². The second kappa shape index (κ2) is 8.94. The highest BCUT2D eigenvalue weighted by Gasteiger charge is 2.27. The second-order valence-corrected chi connectivity index (χ2v) is 9.19. The molecule has 0 radical (unpaired) electrons. The van der Waals surface area contributed by atoms with Crippen LogP contribution in [0.15, 0.2) is 53.4 Å². The van der Waals surface area contributed by atoms with E-state index in [0.717, 1.165) is 12.2 Å². The first kappa shape index (κ1) is 21.3. The number of nitrogens with zero attached hydrogens (tertiary/aromatic N) is 3. The van der Waals surface area contributed by atoms with Gasteiger partial charge in [-0.25, -0.2) is 8.42 Å². The highest BCUT2D eigenvalue weighted by atomic mass is 32.2. The van der Waals surface area contributed by atoms with Gasteiger partial charge in [0, 0.05) is 56.7 Å². The van der Waals surface area contributed by atoms with Crippen LogP contribution in [0.25, 0.3) is 0 Å². The molecule has 2 aromatic carbocycles. The number of carbonyl (C=O) groups excluding carboxylic acids is 1. The van der Waals surface area contributed by atoms with E-state index in [4.69, 9.17) is 0 Å². The van der Waals surface area contributed by atoms with Gasteiger partial charge in [0.05, 0.1) is 4.90 Å². The number of hydrogen-bond donors (Lipinski definition) is 1. The van der Waals surface area contributed by atoms with Crippen LogP contribution in [0.4, 0.5) is 11.4 Å². The van der Waals surface area contributed by atoms with Crippen LogP contribution in [0.5, 0.6) is 0 Å². The second-order valence-electron chi connectivity index (χ2n) is 7.25. The Bertz CT molecular complexity index is 952. The van der Waals surface area contributed by atoms with Crippen molar-refractivity contribution in [2.24, 2.45) is 0 Å². The van der Waals surface area contributed by atoms with Gasteiger partial charge in [-0.1, -0.05) is 6.07 Å². The van der Waals surface area contributed by atoms with Crippen LogP contribution in [0.2, 0.25) is 0 Å². The minimum atomic E-state index is -3.58. The van der Waals surface area contributed by atoms with E-state index in [9.17, 15) is 13.2 Å². The minimum absolute atomic E-state index is 0.194. The lowest BCUT2D eigenvalue weighted by molar-refractivity contribution is 0.102. The minimum Gasteiger partial charge on any atom is -0.375 e. The van der Waals surface area contributed by atoms with Crippen LogP contribution in [0.1, 0.15) is 17.3 Å². The van der Waals surface area contributed by atoms with Gasteiger partial charge in [0.2, 0.25) is 10.0 Å². The Morgan fingerprint density at radius 1 is 1.07 bits per heavy atom. The molecule has 29 heavy (non-hydrogen) atoms. The average Bonchev–Trinajstić information content (AvgIpc) is 2.73. The quantitative estimate of drug-likeness (QED) is 0.783. The third kappa shape index (κ3) is 4.95. The maximum Gasteiger partial charge on any atom is 0.255 e. The Kier molecular flexibility index (Phi) is 6.56. The zero-order valence-corrected chi connectivity index (χ0v) is 17.9. The summed E-state index contributed by atoms with van der Waals surface area (Å²) in [6, 6.07) is 13.8. The van der Waals surface area contributed by atoms with Gasteiger partial charge in [0.1, 0.15) is 0 Å². The van der Waals surface area contributed by atoms with Crippen molar-refractivity contribution in [1.82, 2.24) is 9.21 Å². The maximum absolute atomic E-state index is 12.9. The van der Waals surface area contributed by atoms with Crippen molar-refractivity contribution in [3.8, 4) is 0 Å². The van der Waals surface area contributed by atoms with E-state index in [1.54, 1.807) is 30.3 Å². The first-order chi connectivity index (χ1) is 13.8. The van der Waals surface area contributed by atoms with E-state index in [2.05, 4.69) is 22.0 Å². The Morgan fingerprint density at radius 3 is 2.34 bits per heavy atom. The molecule has 1 saturated heterocycles. The van der Waals surface area contributed by atoms with Gasteiger partial charge in [-0.05, 0) is 56.4 Å². The number of benzene rings is 2. The predicted molar refractivity (Wildman–Crippen MR) is 116 cm³/mol. The van der Waals surface area contributed by atoms with E-state index in [1.165, 1.54) is 10.4 Å². The number of hydrogen-bond acceptors (Lipinski definition) is 5. The average molecular weight is 417 g/mol. The number of piperazine rings is 1. The topological polar surface area (TPSA) is 73.0 Å². The fourth-order valence-electron chi connectivity index (χ4n) is 3.16. The predicted octanol–water partition coefficient (Wildman–Crippen LogP) is 2.33. The van der Waals surface area contributed by atoms with Gasteiger partial charge >= 0.3 is 0 Å². The number of carbonyl (C=O) groups is 1. The molecule has 0 unspecified atom stereocenters. The molecule has 1 aliphatic heterocycles. The molecule has 2 aromatic rings. The van der Waals surface area contributed by atoms with Gasteiger partial charge in [-0.2, -0.15) is 4.31 Å². The molecule has 0 aromatic heterocycles. The molecular weight excluding hydrogens is 388 g/mol. The van der Waals surface area contributed by atoms with E-state index in [0.29, 0.717) is 37.4 Å². The summed E-state index contributed by atoms with van der Waals surface area (Å²) in [4.78, 5) is 16.9. The molecule has 0 aliphatic carbocycles. The van der Waals surface area contributed by atoms with Gasteiger partial charge in [-0.15, -0.1) is 0 Å². The van der Waals surface area contributed by atoms with Crippen LogP contribution >= 0.6 is 0 Å². The highest BCUT2D eigenvalue weighted by molar-refractivity contribution is 7.89. The number of sulfonamides is 1. The third-order valence-electron chi connectivity index (χ3n) is 5.24. The molecule has 0 atom stereocenters. The third-order valence-corrected chi connectivity index (χ3v) is 7.13. The molecule has 1 heterocycles. The lowest BCUT2D eigenvalue weighted by atomic mass is 10.2. The standard InChI is InChI=1S/C21H28N4O3S/c1-4-24(3)19-10-8-17(9-11-19)21(26)22-18-6-5-7-20(16-18)29(27,28)25-14-12-23(2)13-15-25/h5-11,16H,4,12-15H2,1-3H3,(H,22,26). The van der Waals surface area contributed by atoms with Crippen molar-refractivity contribution in [3.05, 3.63) is 54.1 Å². The zero-order valence-electron chi connectivity index (χ0n) is 17.1. The number of rotatable bonds is 6. The summed E-state index contributed by atoms with van der Waals surface area (Å²) >= 11 is 0. The zero-order chi connectivity index (χ0) is 21.0. The van der Waals surface area contributed by atoms with Crippen molar-refractivity contribution >= 4 is 27.3 Å². The summed E-state index contributed by atoms with van der Waals surface area (Å²) in [5, 5.41) is 2.80. The maximum atomic E-state index is 12.9. The number of nitrogens with one attached hydrogen (secondary N) is 1. The molecule has 0 saturated carbocycles. The van der Waals surface area contributed by atoms with Crippen molar-refractivity contribution in [3.63, 3.8) is 0 Å². The Hall–Kier alpha value is -2.42. The molecule has 1 N–H and O–H groups in total. The molecule has 0 bridgehead atoms. The Morgan fingerprint density at radius 2 is 1.72 bits per heavy atom. The normalized spacial score (nSPS) is 15.8. The van der Waals surface area contributed by atoms with Crippen LogP contribution in [0.3, 0.4) is 0 Å². The SMILES string of the molecule is CCN(C)c1ccc(C(=O)Nc2cccc(S(=O)(=O)N3CCN(C)CC3)c2)cc1. The van der Waals surface area contributed by atoms with Crippen LogP contribution in [0, 0.1) is 0 Å². The van der Waals surface area contributed by atoms with E-state index < -0.39 is 10.0 Å². The number of anilines is 2. The summed E-state index contributed by atoms with van der Waals surface area (Å²) in [5.74, 6) is -0.273. The smallest absolute Gasteiger partial charge is 0.255 e. The van der Waals surface area contributed by atoms with Crippen molar-refractivity contribution in [2.45, 2.75) is 11.8 Å². The van der Waals surface area contributed by atoms with Crippen LogP contribution in [-0.2, 0) is 10.0 Å². The summed E-state index contributed by atoms with van der Waals surface area (Å²) in [7, 11) is 0.390. The van der Waals surface area contributed by atoms with Gasteiger partial charge in [0.15, 0.2) is 0 Å². The molecule has 1 aliphatic rings. The lowest BCUT2D eigenvalue weighted by Gasteiger charge is -2.31. The molecule has 7 nitrogen and oxygen atoms in total. The number of likely N-dealkylation sites (N-methyl/N-ethyl adjacent to an activating group) is 1. The van der Waals surface area contributed by atoms with E-state index in [-0.39, 0.29) is 10.8 Å². The Labute approximate surface area is 173 Å². The number of amides is 1. The molecule has 0 spiro atoms. The fourth-order valence-corrected chi connectivity index (χ4v) is 4.63. The highest BCUT2D eigenvalue weighted by Crippen LogP contribution is 2.21. The summed E-state index contributed by atoms with van der Waals surface area (Å²) in [6.07, 6.45) is 0. The van der Waals surface area contributed by atoms with Gasteiger partial charge < -0.3 is 15.1 Å². The van der Waals surface area contributed by atoms with Crippen LogP contribution < -0.4 is 10.2 Å². The summed E-state index contributed by atoms with van der Waals surface area (Å²) in [6.45, 7) is 5.28. The first-order valence-electron chi connectivity index (χ1n) is 9.72. The lowest BCUT2D eigenvalue weighted by Crippen LogP contribution is -2.47. The molecule has 8 heteroatoms. The molecule has 156 valence electrons. The molecule has 1 amide bonds. The molecular formula is C21H28N4O3S. The monoisotopic (exact) mass is 416 g/mol. The molecule has 1 fully saturated rings. The van der Waals surface area contributed by atoms with Crippen molar-refractivity contribution in [2.75, 3.05) is 57.0 Å². The van der Waals surface area contributed by atoms with E-state index in [1.807, 2.05) is 26.2 Å². The van der Waals surface area contributed by atoms with Gasteiger partial charge in [0.25, 0.3) is 5.91 Å². The van der Waals surface area contributed by atoms with E-state index >= 15 is 0 Å². The summed E-state index contributed by atoms with van der Waals surface area (Å²) < 4.78 is 27.3. The van der Waals surface area contributed by atoms with Gasteiger partial charge in [-0.3, -0.25) is 4.79 Å². The first-order valence-corrected chi connectivity index (χ1v) is 11.2.